The van der Waals surface area contributed by atoms with Crippen molar-refractivity contribution in [3.63, 3.8) is 0 Å². The fourth-order valence-electron chi connectivity index (χ4n) is 2.85. The van der Waals surface area contributed by atoms with Gasteiger partial charge >= 0.3 is 11.9 Å². The maximum atomic E-state index is 12.3. The fraction of sp³-hybridized carbons (Fsp3) is 0.333. The van der Waals surface area contributed by atoms with Gasteiger partial charge in [0.05, 0.1) is 0 Å². The summed E-state index contributed by atoms with van der Waals surface area (Å²) in [6, 6.07) is 13.5. The number of ether oxygens (including phenoxy) is 2. The van der Waals surface area contributed by atoms with Gasteiger partial charge in [-0.05, 0) is 29.7 Å². The fourth-order valence-corrected chi connectivity index (χ4v) is 2.85. The van der Waals surface area contributed by atoms with Gasteiger partial charge in [-0.25, -0.2) is 0 Å². The van der Waals surface area contributed by atoms with E-state index in [1.54, 1.807) is 13.8 Å². The van der Waals surface area contributed by atoms with Crippen molar-refractivity contribution in [2.45, 2.75) is 33.0 Å². The topological polar surface area (TPSA) is 52.6 Å². The van der Waals surface area contributed by atoms with Gasteiger partial charge in [-0.15, -0.1) is 0 Å². The van der Waals surface area contributed by atoms with Crippen LogP contribution >= 0.6 is 0 Å². The first kappa shape index (κ1) is 14.6. The average Bonchev–Trinajstić information content (AvgIpc) is 2.55. The quantitative estimate of drug-likeness (QED) is 0.640. The Kier molecular flexibility index (Phi) is 3.61. The third-order valence-corrected chi connectivity index (χ3v) is 4.46. The van der Waals surface area contributed by atoms with E-state index in [-0.39, 0.29) is 0 Å². The summed E-state index contributed by atoms with van der Waals surface area (Å²) in [7, 11) is 0. The number of fused-ring (bicyclic) bond motifs is 1. The molecule has 1 fully saturated rings. The summed E-state index contributed by atoms with van der Waals surface area (Å²) < 4.78 is 10.8. The molecule has 4 heteroatoms. The number of carbonyl (C=O) groups is 2. The van der Waals surface area contributed by atoms with E-state index in [1.807, 2.05) is 42.5 Å². The first-order chi connectivity index (χ1) is 10.6. The molecule has 0 N–H and O–H groups in total. The minimum atomic E-state index is -1.16. The van der Waals surface area contributed by atoms with Crippen molar-refractivity contribution in [1.82, 2.24) is 0 Å². The molecule has 2 aromatic carbocycles. The van der Waals surface area contributed by atoms with Gasteiger partial charge in [-0.1, -0.05) is 50.2 Å². The molecule has 0 saturated carbocycles. The molecule has 2 aromatic rings. The lowest BCUT2D eigenvalue weighted by molar-refractivity contribution is -0.226. The lowest BCUT2D eigenvalue weighted by atomic mass is 9.82. The Labute approximate surface area is 129 Å². The molecule has 4 nitrogen and oxygen atoms in total. The van der Waals surface area contributed by atoms with E-state index >= 15 is 0 Å². The summed E-state index contributed by atoms with van der Waals surface area (Å²) in [5.74, 6) is -0.987. The van der Waals surface area contributed by atoms with Gasteiger partial charge in [0.1, 0.15) is 0 Å². The van der Waals surface area contributed by atoms with Crippen LogP contribution in [-0.2, 0) is 19.1 Å². The molecule has 0 atom stereocenters. The van der Waals surface area contributed by atoms with Crippen molar-refractivity contribution >= 4 is 22.7 Å². The van der Waals surface area contributed by atoms with Crippen LogP contribution < -0.4 is 0 Å². The highest BCUT2D eigenvalue weighted by atomic mass is 16.7. The summed E-state index contributed by atoms with van der Waals surface area (Å²) in [5, 5.41) is 2.09. The molecule has 114 valence electrons. The van der Waals surface area contributed by atoms with Crippen LogP contribution in [0.15, 0.2) is 42.5 Å². The number of hydrogen-bond acceptors (Lipinski definition) is 4. The van der Waals surface area contributed by atoms with Crippen LogP contribution in [0.3, 0.4) is 0 Å². The van der Waals surface area contributed by atoms with Crippen LogP contribution in [0.1, 0.15) is 38.5 Å². The molecule has 22 heavy (non-hydrogen) atoms. The summed E-state index contributed by atoms with van der Waals surface area (Å²) >= 11 is 0. The van der Waals surface area contributed by atoms with Gasteiger partial charge < -0.3 is 9.47 Å². The number of benzene rings is 2. The molecule has 0 amide bonds. The lowest BCUT2D eigenvalue weighted by Crippen LogP contribution is -2.46. The Morgan fingerprint density at radius 2 is 1.50 bits per heavy atom. The number of carbonyl (C=O) groups excluding carboxylic acids is 2. The highest BCUT2D eigenvalue weighted by Crippen LogP contribution is 2.39. The molecule has 1 aliphatic rings. The van der Waals surface area contributed by atoms with Gasteiger partial charge in [0.15, 0.2) is 5.41 Å². The van der Waals surface area contributed by atoms with Crippen molar-refractivity contribution < 1.29 is 19.1 Å². The van der Waals surface area contributed by atoms with Gasteiger partial charge in [0, 0.05) is 5.56 Å². The zero-order valence-corrected chi connectivity index (χ0v) is 12.7. The van der Waals surface area contributed by atoms with Crippen LogP contribution in [0, 0.1) is 5.41 Å². The van der Waals surface area contributed by atoms with E-state index in [0.717, 1.165) is 10.8 Å². The maximum Gasteiger partial charge on any atom is 0.326 e. The number of rotatable bonds is 3. The summed E-state index contributed by atoms with van der Waals surface area (Å²) in [6.07, 6.45) is -0.201. The Morgan fingerprint density at radius 3 is 2.09 bits per heavy atom. The van der Waals surface area contributed by atoms with Crippen LogP contribution in [0.25, 0.3) is 10.8 Å². The maximum absolute atomic E-state index is 12.3. The van der Waals surface area contributed by atoms with Crippen molar-refractivity contribution in [2.24, 2.45) is 5.41 Å². The van der Waals surface area contributed by atoms with E-state index in [1.165, 1.54) is 0 Å². The Hall–Kier alpha value is -2.36. The molecular formula is C18H18O4. The molecule has 0 aromatic heterocycles. The normalized spacial score (nSPS) is 18.1. The molecule has 0 spiro atoms. The third kappa shape index (κ3) is 2.15. The van der Waals surface area contributed by atoms with Crippen molar-refractivity contribution in [2.75, 3.05) is 0 Å². The average molecular weight is 298 g/mol. The first-order valence-corrected chi connectivity index (χ1v) is 7.51. The van der Waals surface area contributed by atoms with Crippen LogP contribution in [-0.4, -0.2) is 11.9 Å². The Balaban J connectivity index is 1.93. The van der Waals surface area contributed by atoms with E-state index in [0.29, 0.717) is 18.4 Å². The van der Waals surface area contributed by atoms with Gasteiger partial charge in [0.2, 0.25) is 0 Å². The number of esters is 2. The van der Waals surface area contributed by atoms with Gasteiger partial charge in [-0.3, -0.25) is 9.59 Å². The molecule has 0 bridgehead atoms. The minimum absolute atomic E-state index is 0.381. The van der Waals surface area contributed by atoms with Crippen molar-refractivity contribution in [3.8, 4) is 0 Å². The second-order valence-electron chi connectivity index (χ2n) is 5.54. The minimum Gasteiger partial charge on any atom is -0.420 e. The summed E-state index contributed by atoms with van der Waals surface area (Å²) in [6.45, 7) is 3.59. The molecule has 0 radical (unpaired) electrons. The Morgan fingerprint density at radius 1 is 0.909 bits per heavy atom. The molecule has 1 aliphatic heterocycles. The zero-order valence-electron chi connectivity index (χ0n) is 12.7. The van der Waals surface area contributed by atoms with Crippen LogP contribution in [0.5, 0.6) is 0 Å². The van der Waals surface area contributed by atoms with E-state index in [9.17, 15) is 9.59 Å². The zero-order chi connectivity index (χ0) is 15.7. The van der Waals surface area contributed by atoms with Gasteiger partial charge in [-0.2, -0.15) is 0 Å². The number of hydrogen-bond donors (Lipinski definition) is 0. The summed E-state index contributed by atoms with van der Waals surface area (Å²) in [5.41, 5.74) is -0.492. The third-order valence-electron chi connectivity index (χ3n) is 4.46. The highest BCUT2D eigenvalue weighted by Gasteiger charge is 2.51. The van der Waals surface area contributed by atoms with E-state index < -0.39 is 23.6 Å². The molecule has 0 aliphatic carbocycles. The second-order valence-corrected chi connectivity index (χ2v) is 5.54. The standard InChI is InChI=1S/C18H18O4/c1-3-18(4-2)16(19)21-15(22-17(18)20)14-10-9-12-7-5-6-8-13(12)11-14/h5-11,15H,3-4H2,1-2H3. The second kappa shape index (κ2) is 5.44. The first-order valence-electron chi connectivity index (χ1n) is 7.51. The molecular weight excluding hydrogens is 280 g/mol. The largest absolute Gasteiger partial charge is 0.420 e. The van der Waals surface area contributed by atoms with Crippen molar-refractivity contribution in [3.05, 3.63) is 48.0 Å². The van der Waals surface area contributed by atoms with E-state index in [2.05, 4.69) is 0 Å². The lowest BCUT2D eigenvalue weighted by Gasteiger charge is -2.35. The predicted octanol–water partition coefficient (Wildman–Crippen LogP) is 3.74. The predicted molar refractivity (Wildman–Crippen MR) is 81.9 cm³/mol. The monoisotopic (exact) mass is 298 g/mol. The smallest absolute Gasteiger partial charge is 0.326 e. The molecule has 0 unspecified atom stereocenters. The van der Waals surface area contributed by atoms with Crippen LogP contribution in [0.2, 0.25) is 0 Å². The number of cyclic esters (lactones) is 2. The van der Waals surface area contributed by atoms with E-state index in [4.69, 9.17) is 9.47 Å². The molecule has 3 rings (SSSR count). The highest BCUT2D eigenvalue weighted by molar-refractivity contribution is 6.01. The molecule has 1 saturated heterocycles. The molecule has 1 heterocycles. The van der Waals surface area contributed by atoms with Crippen molar-refractivity contribution in [1.29, 1.82) is 0 Å². The Bertz CT molecular complexity index is 711. The van der Waals surface area contributed by atoms with Gasteiger partial charge in [0.25, 0.3) is 6.29 Å². The SMILES string of the molecule is CCC1(CC)C(=O)OC(c2ccc3ccccc3c2)OC1=O. The summed E-state index contributed by atoms with van der Waals surface area (Å²) in [4.78, 5) is 24.6. The van der Waals surface area contributed by atoms with Crippen LogP contribution in [0.4, 0.5) is 0 Å².